The van der Waals surface area contributed by atoms with Gasteiger partial charge in [0, 0.05) is 6.04 Å². The zero-order chi connectivity index (χ0) is 12.1. The second-order valence-corrected chi connectivity index (χ2v) is 4.20. The molecule has 1 atom stereocenters. The van der Waals surface area contributed by atoms with Gasteiger partial charge in [-0.2, -0.15) is 0 Å². The van der Waals surface area contributed by atoms with Crippen LogP contribution in [0.3, 0.4) is 0 Å². The molecule has 0 aromatic heterocycles. The molecular weight excluding hydrogens is 218 g/mol. The second kappa shape index (κ2) is 5.98. The quantitative estimate of drug-likeness (QED) is 0.779. The molecule has 1 aliphatic carbocycles. The topological polar surface area (TPSA) is 64.3 Å². The number of amides is 1. The predicted molar refractivity (Wildman–Crippen MR) is 55.3 cm³/mol. The third-order valence-electron chi connectivity index (χ3n) is 2.83. The molecule has 0 aromatic rings. The van der Waals surface area contributed by atoms with Gasteiger partial charge in [0.1, 0.15) is 6.10 Å². The van der Waals surface area contributed by atoms with Gasteiger partial charge >= 0.3 is 6.09 Å². The van der Waals surface area contributed by atoms with Gasteiger partial charge in [-0.1, -0.05) is 0 Å². The Morgan fingerprint density at radius 1 is 1.38 bits per heavy atom. The summed E-state index contributed by atoms with van der Waals surface area (Å²) in [5, 5.41) is 2.87. The van der Waals surface area contributed by atoms with Gasteiger partial charge in [0.05, 0.1) is 6.04 Å². The van der Waals surface area contributed by atoms with Gasteiger partial charge in [0.25, 0.3) is 6.43 Å². The molecule has 4 nitrogen and oxygen atoms in total. The van der Waals surface area contributed by atoms with Crippen molar-refractivity contribution in [2.45, 2.75) is 57.2 Å². The molecule has 0 radical (unpaired) electrons. The molecule has 1 rings (SSSR count). The molecule has 0 aromatic carbocycles. The van der Waals surface area contributed by atoms with Crippen molar-refractivity contribution in [3.05, 3.63) is 0 Å². The Kier molecular flexibility index (Phi) is 4.92. The molecule has 1 aliphatic rings. The molecule has 3 N–H and O–H groups in total. The summed E-state index contributed by atoms with van der Waals surface area (Å²) in [6.07, 6.45) is -0.453. The molecule has 6 heteroatoms. The van der Waals surface area contributed by atoms with E-state index in [1.54, 1.807) is 0 Å². The van der Waals surface area contributed by atoms with Gasteiger partial charge in [0.2, 0.25) is 0 Å². The van der Waals surface area contributed by atoms with Crippen LogP contribution >= 0.6 is 0 Å². The van der Waals surface area contributed by atoms with E-state index in [0.29, 0.717) is 12.8 Å². The molecule has 1 unspecified atom stereocenters. The van der Waals surface area contributed by atoms with E-state index in [9.17, 15) is 13.6 Å². The lowest BCUT2D eigenvalue weighted by Crippen LogP contribution is -2.43. The van der Waals surface area contributed by atoms with Crippen molar-refractivity contribution in [2.24, 2.45) is 5.73 Å². The molecule has 0 aliphatic heterocycles. The highest BCUT2D eigenvalue weighted by atomic mass is 19.3. The molecule has 0 spiro atoms. The standard InChI is InChI=1S/C10H18F2N2O2/c1-6(9(11)12)14-7-2-4-8(5-3-7)16-10(13)15/h6-9,14H,2-5H2,1H3,(H2,13,15). The van der Waals surface area contributed by atoms with Gasteiger partial charge in [-0.15, -0.1) is 0 Å². The largest absolute Gasteiger partial charge is 0.446 e. The molecule has 0 saturated heterocycles. The van der Waals surface area contributed by atoms with Crippen molar-refractivity contribution in [1.82, 2.24) is 5.32 Å². The number of carbonyl (C=O) groups is 1. The first-order valence-electron chi connectivity index (χ1n) is 5.49. The Balaban J connectivity index is 2.24. The number of alkyl halides is 2. The average Bonchev–Trinajstić information content (AvgIpc) is 2.20. The minimum absolute atomic E-state index is 0.0803. The Bertz CT molecular complexity index is 231. The second-order valence-electron chi connectivity index (χ2n) is 4.20. The fraction of sp³-hybridized carbons (Fsp3) is 0.900. The summed E-state index contributed by atoms with van der Waals surface area (Å²) in [5.41, 5.74) is 4.90. The highest BCUT2D eigenvalue weighted by molar-refractivity contribution is 5.64. The first-order valence-corrected chi connectivity index (χ1v) is 5.49. The first kappa shape index (κ1) is 13.2. The highest BCUT2D eigenvalue weighted by Gasteiger charge is 2.26. The van der Waals surface area contributed by atoms with E-state index in [-0.39, 0.29) is 12.1 Å². The summed E-state index contributed by atoms with van der Waals surface area (Å²) in [5.74, 6) is 0. The zero-order valence-electron chi connectivity index (χ0n) is 9.29. The van der Waals surface area contributed by atoms with E-state index in [1.165, 1.54) is 6.92 Å². The summed E-state index contributed by atoms with van der Waals surface area (Å²) in [4.78, 5) is 10.5. The molecule has 0 bridgehead atoms. The number of nitrogens with one attached hydrogen (secondary N) is 1. The Labute approximate surface area is 93.5 Å². The van der Waals surface area contributed by atoms with E-state index in [2.05, 4.69) is 5.32 Å². The number of hydrogen-bond acceptors (Lipinski definition) is 3. The number of carbonyl (C=O) groups excluding carboxylic acids is 1. The van der Waals surface area contributed by atoms with Crippen LogP contribution in [0.5, 0.6) is 0 Å². The lowest BCUT2D eigenvalue weighted by atomic mass is 9.92. The van der Waals surface area contributed by atoms with Crippen LogP contribution in [-0.4, -0.2) is 30.7 Å². The molecule has 0 heterocycles. The summed E-state index contributed by atoms with van der Waals surface area (Å²) in [6, 6.07) is -0.713. The fourth-order valence-electron chi connectivity index (χ4n) is 1.96. The minimum atomic E-state index is -2.35. The van der Waals surface area contributed by atoms with Crippen LogP contribution in [0.2, 0.25) is 0 Å². The van der Waals surface area contributed by atoms with Crippen LogP contribution in [0, 0.1) is 0 Å². The van der Waals surface area contributed by atoms with E-state index in [0.717, 1.165) is 12.8 Å². The third kappa shape index (κ3) is 4.30. The Morgan fingerprint density at radius 3 is 2.38 bits per heavy atom. The van der Waals surface area contributed by atoms with E-state index in [4.69, 9.17) is 10.5 Å². The van der Waals surface area contributed by atoms with E-state index in [1.807, 2.05) is 0 Å². The van der Waals surface area contributed by atoms with Gasteiger partial charge in [0.15, 0.2) is 0 Å². The fourth-order valence-corrected chi connectivity index (χ4v) is 1.96. The summed E-state index contributed by atoms with van der Waals surface area (Å²) in [7, 11) is 0. The summed E-state index contributed by atoms with van der Waals surface area (Å²) in [6.45, 7) is 1.47. The van der Waals surface area contributed by atoms with E-state index >= 15 is 0 Å². The van der Waals surface area contributed by atoms with Crippen molar-refractivity contribution in [3.8, 4) is 0 Å². The highest BCUT2D eigenvalue weighted by Crippen LogP contribution is 2.22. The Morgan fingerprint density at radius 2 is 1.94 bits per heavy atom. The van der Waals surface area contributed by atoms with Crippen LogP contribution in [0.15, 0.2) is 0 Å². The Hall–Kier alpha value is -0.910. The SMILES string of the molecule is CC(NC1CCC(OC(N)=O)CC1)C(F)F. The third-order valence-corrected chi connectivity index (χ3v) is 2.83. The van der Waals surface area contributed by atoms with Crippen LogP contribution in [0.1, 0.15) is 32.6 Å². The molecule has 1 saturated carbocycles. The van der Waals surface area contributed by atoms with Crippen LogP contribution in [0.4, 0.5) is 13.6 Å². The monoisotopic (exact) mass is 236 g/mol. The molecule has 16 heavy (non-hydrogen) atoms. The normalized spacial score (nSPS) is 27.8. The smallest absolute Gasteiger partial charge is 0.404 e. The lowest BCUT2D eigenvalue weighted by molar-refractivity contribution is 0.0638. The van der Waals surface area contributed by atoms with Gasteiger partial charge < -0.3 is 15.8 Å². The van der Waals surface area contributed by atoms with Crippen LogP contribution < -0.4 is 11.1 Å². The minimum Gasteiger partial charge on any atom is -0.446 e. The van der Waals surface area contributed by atoms with Crippen molar-refractivity contribution in [3.63, 3.8) is 0 Å². The van der Waals surface area contributed by atoms with E-state index < -0.39 is 18.6 Å². The van der Waals surface area contributed by atoms with Crippen molar-refractivity contribution < 1.29 is 18.3 Å². The number of nitrogens with two attached hydrogens (primary N) is 1. The first-order chi connectivity index (χ1) is 7.49. The average molecular weight is 236 g/mol. The van der Waals surface area contributed by atoms with Gasteiger partial charge in [-0.3, -0.25) is 0 Å². The molecule has 1 amide bonds. The zero-order valence-corrected chi connectivity index (χ0v) is 9.29. The van der Waals surface area contributed by atoms with Gasteiger partial charge in [-0.05, 0) is 32.6 Å². The van der Waals surface area contributed by atoms with Gasteiger partial charge in [-0.25, -0.2) is 13.6 Å². The summed E-state index contributed by atoms with van der Waals surface area (Å²) < 4.78 is 29.4. The number of halogens is 2. The maximum atomic E-state index is 12.3. The number of ether oxygens (including phenoxy) is 1. The van der Waals surface area contributed by atoms with Crippen LogP contribution in [0.25, 0.3) is 0 Å². The predicted octanol–water partition coefficient (Wildman–Crippen LogP) is 1.64. The number of hydrogen-bond donors (Lipinski definition) is 2. The molecular formula is C10H18F2N2O2. The van der Waals surface area contributed by atoms with Crippen molar-refractivity contribution in [2.75, 3.05) is 0 Å². The molecule has 1 fully saturated rings. The summed E-state index contributed by atoms with van der Waals surface area (Å²) >= 11 is 0. The number of rotatable bonds is 4. The van der Waals surface area contributed by atoms with Crippen molar-refractivity contribution in [1.29, 1.82) is 0 Å². The lowest BCUT2D eigenvalue weighted by Gasteiger charge is -2.30. The maximum absolute atomic E-state index is 12.3. The molecule has 94 valence electrons. The maximum Gasteiger partial charge on any atom is 0.404 e. The number of primary amides is 1. The van der Waals surface area contributed by atoms with Crippen molar-refractivity contribution >= 4 is 6.09 Å². The van der Waals surface area contributed by atoms with Crippen LogP contribution in [-0.2, 0) is 4.74 Å².